The normalized spacial score (nSPS) is 27.2. The maximum absolute atomic E-state index is 6.00. The van der Waals surface area contributed by atoms with Crippen LogP contribution < -0.4 is 11.1 Å². The lowest BCUT2D eigenvalue weighted by Crippen LogP contribution is -2.56. The van der Waals surface area contributed by atoms with Gasteiger partial charge >= 0.3 is 0 Å². The van der Waals surface area contributed by atoms with E-state index in [4.69, 9.17) is 15.2 Å². The van der Waals surface area contributed by atoms with Crippen LogP contribution in [0, 0.1) is 0 Å². The third-order valence-electron chi connectivity index (χ3n) is 4.28. The van der Waals surface area contributed by atoms with Crippen LogP contribution in [0.5, 0.6) is 0 Å². The summed E-state index contributed by atoms with van der Waals surface area (Å²) in [6.45, 7) is 8.83. The second-order valence-electron chi connectivity index (χ2n) is 5.81. The van der Waals surface area contributed by atoms with Crippen molar-refractivity contribution in [3.05, 3.63) is 0 Å². The van der Waals surface area contributed by atoms with Crippen molar-refractivity contribution in [2.45, 2.75) is 25.3 Å². The van der Waals surface area contributed by atoms with Gasteiger partial charge in [-0.05, 0) is 25.5 Å². The molecule has 0 spiro atoms. The van der Waals surface area contributed by atoms with E-state index in [1.807, 2.05) is 18.7 Å². The summed E-state index contributed by atoms with van der Waals surface area (Å²) in [6.07, 6.45) is 2.15. The van der Waals surface area contributed by atoms with E-state index >= 15 is 0 Å². The maximum Gasteiger partial charge on any atom is 0.188 e. The summed E-state index contributed by atoms with van der Waals surface area (Å²) in [5, 5.41) is 3.18. The molecule has 3 N–H and O–H groups in total. The second-order valence-corrected chi connectivity index (χ2v) is 6.91. The highest BCUT2D eigenvalue weighted by molar-refractivity contribution is 7.99. The zero-order chi connectivity index (χ0) is 15.7. The van der Waals surface area contributed by atoms with Gasteiger partial charge in [-0.25, -0.2) is 0 Å². The molecule has 2 aliphatic rings. The monoisotopic (exact) mass is 330 g/mol. The van der Waals surface area contributed by atoms with Crippen LogP contribution in [0.3, 0.4) is 0 Å². The van der Waals surface area contributed by atoms with E-state index in [0.29, 0.717) is 5.96 Å². The van der Waals surface area contributed by atoms with Gasteiger partial charge in [0.1, 0.15) is 0 Å². The van der Waals surface area contributed by atoms with Gasteiger partial charge in [0.25, 0.3) is 0 Å². The van der Waals surface area contributed by atoms with E-state index in [0.717, 1.165) is 64.8 Å². The predicted octanol–water partition coefficient (Wildman–Crippen LogP) is 0.525. The third-order valence-corrected chi connectivity index (χ3v) is 5.52. The number of hydrogen-bond acceptors (Lipinski definition) is 5. The average Bonchev–Trinajstić information content (AvgIpc) is 3.04. The van der Waals surface area contributed by atoms with E-state index in [1.54, 1.807) is 0 Å². The molecule has 128 valence electrons. The molecule has 2 heterocycles. The number of nitrogens with zero attached hydrogens (tertiary/aromatic N) is 2. The molecule has 0 aliphatic carbocycles. The summed E-state index contributed by atoms with van der Waals surface area (Å²) in [5.41, 5.74) is 6.18. The van der Waals surface area contributed by atoms with Gasteiger partial charge in [-0.2, -0.15) is 11.8 Å². The quantitative estimate of drug-likeness (QED) is 0.384. The summed E-state index contributed by atoms with van der Waals surface area (Å²) in [6, 6.07) is 0. The molecule has 0 aromatic rings. The molecular formula is C15H30N4O2S. The third kappa shape index (κ3) is 5.30. The maximum atomic E-state index is 6.00. The Kier molecular flexibility index (Phi) is 7.79. The first-order valence-corrected chi connectivity index (χ1v) is 9.44. The molecule has 0 radical (unpaired) electrons. The first-order chi connectivity index (χ1) is 10.8. The fourth-order valence-corrected chi connectivity index (χ4v) is 4.40. The Balaban J connectivity index is 1.79. The molecule has 7 heteroatoms. The SMILES string of the molecule is CCOCCCNC(N)=NCC1(N2CCOCC2)CCSC1. The van der Waals surface area contributed by atoms with Crippen molar-refractivity contribution in [3.8, 4) is 0 Å². The van der Waals surface area contributed by atoms with Crippen LogP contribution in [0.15, 0.2) is 4.99 Å². The average molecular weight is 330 g/mol. The van der Waals surface area contributed by atoms with Crippen molar-refractivity contribution >= 4 is 17.7 Å². The minimum absolute atomic E-state index is 0.173. The van der Waals surface area contributed by atoms with Gasteiger partial charge in [0.15, 0.2) is 5.96 Å². The van der Waals surface area contributed by atoms with Gasteiger partial charge in [0, 0.05) is 38.6 Å². The van der Waals surface area contributed by atoms with Crippen LogP contribution in [0.2, 0.25) is 0 Å². The molecule has 6 nitrogen and oxygen atoms in total. The highest BCUT2D eigenvalue weighted by Gasteiger charge is 2.40. The van der Waals surface area contributed by atoms with Gasteiger partial charge in [-0.1, -0.05) is 0 Å². The van der Waals surface area contributed by atoms with Gasteiger partial charge < -0.3 is 20.5 Å². The molecule has 1 atom stereocenters. The number of nitrogens with two attached hydrogens (primary N) is 1. The molecule has 0 aromatic carbocycles. The number of hydrogen-bond donors (Lipinski definition) is 2. The second kappa shape index (κ2) is 9.60. The molecule has 0 bridgehead atoms. The van der Waals surface area contributed by atoms with Gasteiger partial charge in [-0.3, -0.25) is 9.89 Å². The van der Waals surface area contributed by atoms with Crippen LogP contribution in [0.1, 0.15) is 19.8 Å². The van der Waals surface area contributed by atoms with Gasteiger partial charge in [0.05, 0.1) is 25.3 Å². The minimum Gasteiger partial charge on any atom is -0.382 e. The lowest BCUT2D eigenvalue weighted by atomic mass is 9.96. The van der Waals surface area contributed by atoms with Crippen molar-refractivity contribution < 1.29 is 9.47 Å². The molecular weight excluding hydrogens is 300 g/mol. The smallest absolute Gasteiger partial charge is 0.188 e. The summed E-state index contributed by atoms with van der Waals surface area (Å²) in [4.78, 5) is 7.18. The first kappa shape index (κ1) is 17.8. The molecule has 2 aliphatic heterocycles. The molecule has 22 heavy (non-hydrogen) atoms. The highest BCUT2D eigenvalue weighted by Crippen LogP contribution is 2.34. The van der Waals surface area contributed by atoms with Gasteiger partial charge in [-0.15, -0.1) is 0 Å². The highest BCUT2D eigenvalue weighted by atomic mass is 32.2. The summed E-state index contributed by atoms with van der Waals surface area (Å²) in [5.74, 6) is 2.92. The van der Waals surface area contributed by atoms with Crippen molar-refractivity contribution in [2.75, 3.05) is 64.1 Å². The molecule has 0 saturated carbocycles. The Morgan fingerprint density at radius 3 is 2.95 bits per heavy atom. The van der Waals surface area contributed by atoms with Crippen molar-refractivity contribution in [3.63, 3.8) is 0 Å². The van der Waals surface area contributed by atoms with Crippen LogP contribution in [-0.4, -0.2) is 80.5 Å². The summed E-state index contributed by atoms with van der Waals surface area (Å²) < 4.78 is 10.8. The fourth-order valence-electron chi connectivity index (χ4n) is 2.93. The zero-order valence-corrected chi connectivity index (χ0v) is 14.5. The molecule has 1 unspecified atom stereocenters. The number of nitrogens with one attached hydrogen (secondary N) is 1. The Morgan fingerprint density at radius 2 is 2.27 bits per heavy atom. The summed E-state index contributed by atoms with van der Waals surface area (Å²) in [7, 11) is 0. The van der Waals surface area contributed by atoms with Crippen LogP contribution >= 0.6 is 11.8 Å². The molecule has 2 rings (SSSR count). The lowest BCUT2D eigenvalue weighted by molar-refractivity contribution is -0.0104. The van der Waals surface area contributed by atoms with E-state index in [-0.39, 0.29) is 5.54 Å². The van der Waals surface area contributed by atoms with E-state index in [1.165, 1.54) is 12.2 Å². The standard InChI is InChI=1S/C15H30N4O2S/c1-2-20-8-3-5-17-14(16)18-12-15(4-11-22-13-15)19-6-9-21-10-7-19/h2-13H2,1H3,(H3,16,17,18). The number of ether oxygens (including phenoxy) is 2. The summed E-state index contributed by atoms with van der Waals surface area (Å²) >= 11 is 2.02. The number of thioether (sulfide) groups is 1. The molecule has 0 amide bonds. The van der Waals surface area contributed by atoms with Crippen LogP contribution in [0.25, 0.3) is 0 Å². The molecule has 2 fully saturated rings. The first-order valence-electron chi connectivity index (χ1n) is 8.29. The Hall–Kier alpha value is -0.500. The molecule has 0 aromatic heterocycles. The van der Waals surface area contributed by atoms with Crippen molar-refractivity contribution in [1.29, 1.82) is 0 Å². The molecule has 2 saturated heterocycles. The van der Waals surface area contributed by atoms with Gasteiger partial charge in [0.2, 0.25) is 0 Å². The zero-order valence-electron chi connectivity index (χ0n) is 13.7. The topological polar surface area (TPSA) is 72.1 Å². The lowest BCUT2D eigenvalue weighted by Gasteiger charge is -2.42. The van der Waals surface area contributed by atoms with E-state index in [9.17, 15) is 0 Å². The number of morpholine rings is 1. The predicted molar refractivity (Wildman–Crippen MR) is 92.7 cm³/mol. The Bertz CT molecular complexity index is 342. The van der Waals surface area contributed by atoms with E-state index < -0.39 is 0 Å². The fraction of sp³-hybridized carbons (Fsp3) is 0.933. The largest absolute Gasteiger partial charge is 0.382 e. The van der Waals surface area contributed by atoms with Crippen LogP contribution in [0.4, 0.5) is 0 Å². The van der Waals surface area contributed by atoms with E-state index in [2.05, 4.69) is 15.2 Å². The van der Waals surface area contributed by atoms with Crippen LogP contribution in [-0.2, 0) is 9.47 Å². The minimum atomic E-state index is 0.173. The van der Waals surface area contributed by atoms with Crippen molar-refractivity contribution in [2.24, 2.45) is 10.7 Å². The Labute approximate surface area is 138 Å². The number of guanidine groups is 1. The Morgan fingerprint density at radius 1 is 1.45 bits per heavy atom. The van der Waals surface area contributed by atoms with Crippen molar-refractivity contribution in [1.82, 2.24) is 10.2 Å². The number of rotatable bonds is 8. The number of aliphatic imine (C=N–C) groups is 1.